The zero-order valence-corrected chi connectivity index (χ0v) is 22.3. The van der Waals surface area contributed by atoms with Crippen molar-refractivity contribution >= 4 is 40.1 Å². The molecular formula is C28H24N2O5S2. The number of carbonyl (C=O) groups is 2. The van der Waals surface area contributed by atoms with Gasteiger partial charge in [-0.3, -0.25) is 14.5 Å². The highest BCUT2D eigenvalue weighted by molar-refractivity contribution is 7.17. The van der Waals surface area contributed by atoms with E-state index in [-0.39, 0.29) is 5.57 Å². The van der Waals surface area contributed by atoms with Gasteiger partial charge in [-0.05, 0) is 43.0 Å². The Balaban J connectivity index is 1.63. The minimum absolute atomic E-state index is 0.0386. The SMILES string of the molecule is COc1ccc(N2C(=O)C(O)=C(C(=O)c3sc(-c4ccccc4)nc3C)C2c2sccc2C)cc1OC. The molecule has 2 aromatic heterocycles. The summed E-state index contributed by atoms with van der Waals surface area (Å²) in [6, 6.07) is 15.8. The van der Waals surface area contributed by atoms with Crippen LogP contribution in [0.1, 0.15) is 31.8 Å². The highest BCUT2D eigenvalue weighted by Crippen LogP contribution is 2.47. The molecule has 5 rings (SSSR count). The fraction of sp³-hybridized carbons (Fsp3) is 0.179. The first-order valence-electron chi connectivity index (χ1n) is 11.5. The summed E-state index contributed by atoms with van der Waals surface area (Å²) in [5.41, 5.74) is 2.87. The number of Topliss-reactive ketones (excluding diaryl/α,β-unsaturated/α-hetero) is 1. The highest BCUT2D eigenvalue weighted by Gasteiger charge is 2.46. The minimum Gasteiger partial charge on any atom is -0.503 e. The number of thiazole rings is 1. The van der Waals surface area contributed by atoms with Crippen LogP contribution in [0.4, 0.5) is 5.69 Å². The summed E-state index contributed by atoms with van der Waals surface area (Å²) in [6.07, 6.45) is 0. The van der Waals surface area contributed by atoms with Gasteiger partial charge in [-0.1, -0.05) is 30.3 Å². The van der Waals surface area contributed by atoms with Crippen LogP contribution in [-0.2, 0) is 4.79 Å². The molecule has 188 valence electrons. The van der Waals surface area contributed by atoms with Crippen molar-refractivity contribution in [2.75, 3.05) is 19.1 Å². The Bertz CT molecular complexity index is 1540. The van der Waals surface area contributed by atoms with E-state index < -0.39 is 23.5 Å². The van der Waals surface area contributed by atoms with Crippen molar-refractivity contribution in [2.45, 2.75) is 19.9 Å². The van der Waals surface area contributed by atoms with Crippen LogP contribution in [0.3, 0.4) is 0 Å². The predicted molar refractivity (Wildman–Crippen MR) is 145 cm³/mol. The first kappa shape index (κ1) is 24.7. The molecule has 0 radical (unpaired) electrons. The third-order valence-corrected chi connectivity index (χ3v) is 8.55. The molecule has 0 saturated heterocycles. The number of carbonyl (C=O) groups excluding carboxylic acids is 2. The van der Waals surface area contributed by atoms with Gasteiger partial charge in [0, 0.05) is 22.2 Å². The first-order valence-corrected chi connectivity index (χ1v) is 13.2. The average Bonchev–Trinajstić information content (AvgIpc) is 3.59. The molecule has 9 heteroatoms. The Kier molecular flexibility index (Phi) is 6.57. The number of anilines is 1. The Morgan fingerprint density at radius 1 is 1.03 bits per heavy atom. The molecule has 1 amide bonds. The average molecular weight is 533 g/mol. The molecule has 0 aliphatic carbocycles. The lowest BCUT2D eigenvalue weighted by Crippen LogP contribution is -2.31. The van der Waals surface area contributed by atoms with Crippen molar-refractivity contribution in [3.63, 3.8) is 0 Å². The lowest BCUT2D eigenvalue weighted by atomic mass is 9.98. The summed E-state index contributed by atoms with van der Waals surface area (Å²) < 4.78 is 10.8. The summed E-state index contributed by atoms with van der Waals surface area (Å²) in [6.45, 7) is 3.69. The number of amides is 1. The standard InChI is InChI=1S/C28H24N2O5S2/c1-15-12-13-36-25(15)22-21(23(31)26-16(2)29-27(37-26)17-8-6-5-7-9-17)24(32)28(33)30(22)18-10-11-19(34-3)20(14-18)35-4/h5-14,22,32H,1-4H3. The number of aromatic nitrogens is 1. The number of ketones is 1. The van der Waals surface area contributed by atoms with Crippen molar-refractivity contribution in [3.05, 3.63) is 92.3 Å². The first-order chi connectivity index (χ1) is 17.8. The van der Waals surface area contributed by atoms with Gasteiger partial charge in [0.1, 0.15) is 11.0 Å². The summed E-state index contributed by atoms with van der Waals surface area (Å²) in [7, 11) is 3.04. The van der Waals surface area contributed by atoms with E-state index in [0.29, 0.717) is 32.8 Å². The summed E-state index contributed by atoms with van der Waals surface area (Å²) in [5.74, 6) is -0.697. The number of methoxy groups -OCH3 is 2. The van der Waals surface area contributed by atoms with E-state index in [0.717, 1.165) is 16.0 Å². The molecule has 3 heterocycles. The van der Waals surface area contributed by atoms with E-state index >= 15 is 0 Å². The minimum atomic E-state index is -0.806. The highest BCUT2D eigenvalue weighted by atomic mass is 32.1. The van der Waals surface area contributed by atoms with Gasteiger partial charge >= 0.3 is 0 Å². The molecule has 4 aromatic rings. The van der Waals surface area contributed by atoms with Crippen LogP contribution < -0.4 is 14.4 Å². The molecule has 0 saturated carbocycles. The Labute approximate surface area is 222 Å². The topological polar surface area (TPSA) is 89.0 Å². The third-order valence-electron chi connectivity index (χ3n) is 6.27. The van der Waals surface area contributed by atoms with Gasteiger partial charge < -0.3 is 14.6 Å². The van der Waals surface area contributed by atoms with Crippen LogP contribution in [0.5, 0.6) is 11.5 Å². The van der Waals surface area contributed by atoms with Crippen LogP contribution in [0.15, 0.2) is 71.3 Å². The van der Waals surface area contributed by atoms with Gasteiger partial charge in [0.2, 0.25) is 5.78 Å². The maximum absolute atomic E-state index is 14.0. The smallest absolute Gasteiger partial charge is 0.294 e. The fourth-order valence-corrected chi connectivity index (χ4v) is 6.48. The van der Waals surface area contributed by atoms with Gasteiger partial charge in [-0.25, -0.2) is 4.98 Å². The van der Waals surface area contributed by atoms with Gasteiger partial charge in [0.25, 0.3) is 5.91 Å². The lowest BCUT2D eigenvalue weighted by Gasteiger charge is -2.27. The molecule has 1 aliphatic heterocycles. The van der Waals surface area contributed by atoms with Crippen molar-refractivity contribution in [1.82, 2.24) is 4.98 Å². The molecule has 2 aromatic carbocycles. The zero-order chi connectivity index (χ0) is 26.3. The Hall–Kier alpha value is -3.95. The number of aliphatic hydroxyl groups is 1. The van der Waals surface area contributed by atoms with Crippen molar-refractivity contribution in [1.29, 1.82) is 0 Å². The Morgan fingerprint density at radius 3 is 2.41 bits per heavy atom. The Morgan fingerprint density at radius 2 is 1.76 bits per heavy atom. The largest absolute Gasteiger partial charge is 0.503 e. The second-order valence-corrected chi connectivity index (χ2v) is 10.4. The van der Waals surface area contributed by atoms with Crippen molar-refractivity contribution in [3.8, 4) is 22.1 Å². The molecule has 0 bridgehead atoms. The third kappa shape index (κ3) is 4.20. The lowest BCUT2D eigenvalue weighted by molar-refractivity contribution is -0.117. The zero-order valence-electron chi connectivity index (χ0n) is 20.6. The quantitative estimate of drug-likeness (QED) is 0.282. The maximum atomic E-state index is 14.0. The fourth-order valence-electron chi connectivity index (χ4n) is 4.42. The van der Waals surface area contributed by atoms with Crippen LogP contribution >= 0.6 is 22.7 Å². The molecule has 0 spiro atoms. The van der Waals surface area contributed by atoms with E-state index in [1.807, 2.05) is 48.7 Å². The van der Waals surface area contributed by atoms with E-state index in [1.54, 1.807) is 25.1 Å². The van der Waals surface area contributed by atoms with E-state index in [2.05, 4.69) is 4.98 Å². The van der Waals surface area contributed by atoms with Gasteiger partial charge in [-0.15, -0.1) is 22.7 Å². The number of nitrogens with zero attached hydrogens (tertiary/aromatic N) is 2. The number of aliphatic hydroxyl groups excluding tert-OH is 1. The summed E-state index contributed by atoms with van der Waals surface area (Å²) in [4.78, 5) is 34.8. The second kappa shape index (κ2) is 9.84. The molecule has 37 heavy (non-hydrogen) atoms. The summed E-state index contributed by atoms with van der Waals surface area (Å²) in [5, 5.41) is 13.7. The van der Waals surface area contributed by atoms with E-state index in [1.165, 1.54) is 41.8 Å². The second-order valence-electron chi connectivity index (χ2n) is 8.48. The maximum Gasteiger partial charge on any atom is 0.294 e. The van der Waals surface area contributed by atoms with Crippen LogP contribution in [-0.4, -0.2) is 36.0 Å². The number of benzene rings is 2. The normalized spacial score (nSPS) is 15.4. The number of hydrogen-bond donors (Lipinski definition) is 1. The number of thiophene rings is 1. The molecule has 1 unspecified atom stereocenters. The van der Waals surface area contributed by atoms with E-state index in [9.17, 15) is 14.7 Å². The van der Waals surface area contributed by atoms with Crippen LogP contribution in [0.2, 0.25) is 0 Å². The van der Waals surface area contributed by atoms with Gasteiger partial charge in [0.05, 0.1) is 30.4 Å². The van der Waals surface area contributed by atoms with Gasteiger partial charge in [0.15, 0.2) is 17.3 Å². The number of ether oxygens (including phenoxy) is 2. The van der Waals surface area contributed by atoms with Crippen LogP contribution in [0.25, 0.3) is 10.6 Å². The molecule has 1 aliphatic rings. The van der Waals surface area contributed by atoms with Crippen molar-refractivity contribution in [2.24, 2.45) is 0 Å². The summed E-state index contributed by atoms with van der Waals surface area (Å²) >= 11 is 2.68. The van der Waals surface area contributed by atoms with E-state index in [4.69, 9.17) is 9.47 Å². The molecule has 0 fully saturated rings. The van der Waals surface area contributed by atoms with Crippen molar-refractivity contribution < 1.29 is 24.2 Å². The van der Waals surface area contributed by atoms with Gasteiger partial charge in [-0.2, -0.15) is 0 Å². The number of aryl methyl sites for hydroxylation is 2. The number of hydrogen-bond acceptors (Lipinski definition) is 8. The number of rotatable bonds is 7. The molecule has 1 N–H and O–H groups in total. The molecular weight excluding hydrogens is 508 g/mol. The van der Waals surface area contributed by atoms with Crippen LogP contribution in [0, 0.1) is 13.8 Å². The predicted octanol–water partition coefficient (Wildman–Crippen LogP) is 6.29. The molecule has 7 nitrogen and oxygen atoms in total. The monoisotopic (exact) mass is 532 g/mol. The molecule has 1 atom stereocenters.